The fraction of sp³-hybridized carbons (Fsp3) is 0.333. The molecule has 0 spiro atoms. The van der Waals surface area contributed by atoms with Crippen molar-refractivity contribution in [1.29, 1.82) is 0 Å². The summed E-state index contributed by atoms with van der Waals surface area (Å²) in [5, 5.41) is 8.10. The zero-order valence-electron chi connectivity index (χ0n) is 18.3. The summed E-state index contributed by atoms with van der Waals surface area (Å²) in [5.41, 5.74) is 3.34. The summed E-state index contributed by atoms with van der Waals surface area (Å²) >= 11 is 0. The second kappa shape index (κ2) is 8.11. The van der Waals surface area contributed by atoms with Crippen LogP contribution >= 0.6 is 0 Å². The van der Waals surface area contributed by atoms with Crippen LogP contribution < -0.4 is 16.0 Å². The molecule has 0 aliphatic carbocycles. The van der Waals surface area contributed by atoms with Crippen LogP contribution in [0.3, 0.4) is 0 Å². The molecule has 8 nitrogen and oxygen atoms in total. The van der Waals surface area contributed by atoms with Gasteiger partial charge >= 0.3 is 6.03 Å². The van der Waals surface area contributed by atoms with E-state index in [1.807, 2.05) is 45.0 Å². The first-order valence-electron chi connectivity index (χ1n) is 10.6. The van der Waals surface area contributed by atoms with Crippen LogP contribution in [-0.2, 0) is 21.7 Å². The Labute approximate surface area is 186 Å². The minimum atomic E-state index is -0.664. The van der Waals surface area contributed by atoms with Crippen molar-refractivity contribution in [1.82, 2.24) is 15.5 Å². The summed E-state index contributed by atoms with van der Waals surface area (Å²) in [6.45, 7) is 6.12. The van der Waals surface area contributed by atoms with Crippen molar-refractivity contribution < 1.29 is 19.2 Å². The molecule has 8 heteroatoms. The first-order valence-corrected chi connectivity index (χ1v) is 10.6. The normalized spacial score (nSPS) is 18.3. The lowest BCUT2D eigenvalue weighted by Gasteiger charge is -2.29. The first-order chi connectivity index (χ1) is 15.1. The van der Waals surface area contributed by atoms with Gasteiger partial charge in [-0.25, -0.2) is 4.79 Å². The maximum Gasteiger partial charge on any atom is 0.319 e. The Morgan fingerprint density at radius 3 is 2.50 bits per heavy atom. The van der Waals surface area contributed by atoms with Gasteiger partial charge in [-0.2, -0.15) is 0 Å². The number of fused-ring (bicyclic) bond motifs is 1. The van der Waals surface area contributed by atoms with Crippen LogP contribution in [0.2, 0.25) is 0 Å². The van der Waals surface area contributed by atoms with Gasteiger partial charge in [0.15, 0.2) is 0 Å². The van der Waals surface area contributed by atoms with Crippen molar-refractivity contribution in [2.24, 2.45) is 0 Å². The van der Waals surface area contributed by atoms with Crippen LogP contribution in [0, 0.1) is 6.92 Å². The zero-order chi connectivity index (χ0) is 23.0. The van der Waals surface area contributed by atoms with E-state index in [2.05, 4.69) is 16.0 Å². The van der Waals surface area contributed by atoms with E-state index in [4.69, 9.17) is 0 Å². The quantitative estimate of drug-likeness (QED) is 0.643. The number of hydrogen-bond donors (Lipinski definition) is 3. The van der Waals surface area contributed by atoms with Gasteiger partial charge in [0.1, 0.15) is 6.04 Å². The molecule has 2 aliphatic heterocycles. The van der Waals surface area contributed by atoms with Crippen LogP contribution in [-0.4, -0.2) is 34.7 Å². The minimum absolute atomic E-state index is 0.209. The number of benzene rings is 2. The summed E-state index contributed by atoms with van der Waals surface area (Å²) in [7, 11) is 0. The van der Waals surface area contributed by atoms with Gasteiger partial charge in [-0.15, -0.1) is 0 Å². The van der Waals surface area contributed by atoms with Gasteiger partial charge in [0.2, 0.25) is 11.8 Å². The van der Waals surface area contributed by atoms with Crippen molar-refractivity contribution in [2.75, 3.05) is 5.32 Å². The maximum atomic E-state index is 12.8. The van der Waals surface area contributed by atoms with Gasteiger partial charge in [-0.05, 0) is 56.5 Å². The minimum Gasteiger partial charge on any atom is -0.329 e. The average Bonchev–Trinajstić information content (AvgIpc) is 3.03. The molecule has 166 valence electrons. The van der Waals surface area contributed by atoms with Crippen molar-refractivity contribution >= 4 is 29.4 Å². The molecule has 2 aromatic rings. The largest absolute Gasteiger partial charge is 0.329 e. The average molecular weight is 434 g/mol. The SMILES string of the molecule is Cc1ccc(C(C)(C)NC(=O)Nc2ccc3c(c2)CN(C2CCC(=O)NC2=O)C3=O)cc1. The fourth-order valence-electron chi connectivity index (χ4n) is 4.14. The van der Waals surface area contributed by atoms with Gasteiger partial charge in [-0.3, -0.25) is 19.7 Å². The van der Waals surface area contributed by atoms with Gasteiger partial charge in [-0.1, -0.05) is 29.8 Å². The van der Waals surface area contributed by atoms with E-state index >= 15 is 0 Å². The molecule has 0 bridgehead atoms. The molecule has 2 aromatic carbocycles. The number of carbonyl (C=O) groups is 4. The highest BCUT2D eigenvalue weighted by molar-refractivity contribution is 6.05. The number of nitrogens with zero attached hydrogens (tertiary/aromatic N) is 1. The molecule has 4 rings (SSSR count). The third-order valence-electron chi connectivity index (χ3n) is 5.98. The van der Waals surface area contributed by atoms with E-state index in [0.29, 0.717) is 17.7 Å². The Morgan fingerprint density at radius 1 is 1.09 bits per heavy atom. The fourth-order valence-corrected chi connectivity index (χ4v) is 4.14. The number of imide groups is 1. The molecule has 1 fully saturated rings. The Bertz CT molecular complexity index is 1110. The molecule has 0 radical (unpaired) electrons. The zero-order valence-corrected chi connectivity index (χ0v) is 18.3. The molecule has 1 unspecified atom stereocenters. The van der Waals surface area contributed by atoms with Crippen LogP contribution in [0.15, 0.2) is 42.5 Å². The maximum absolute atomic E-state index is 12.8. The van der Waals surface area contributed by atoms with Gasteiger partial charge < -0.3 is 15.5 Å². The van der Waals surface area contributed by atoms with E-state index in [0.717, 1.165) is 16.7 Å². The molecule has 2 heterocycles. The summed E-state index contributed by atoms with van der Waals surface area (Å²) in [4.78, 5) is 50.5. The highest BCUT2D eigenvalue weighted by atomic mass is 16.2. The van der Waals surface area contributed by atoms with Gasteiger partial charge in [0.25, 0.3) is 5.91 Å². The molecular weight excluding hydrogens is 408 g/mol. The molecule has 1 saturated heterocycles. The Kier molecular flexibility index (Phi) is 5.46. The number of piperidine rings is 1. The second-order valence-electron chi connectivity index (χ2n) is 8.84. The van der Waals surface area contributed by atoms with E-state index in [9.17, 15) is 19.2 Å². The highest BCUT2D eigenvalue weighted by Crippen LogP contribution is 2.29. The predicted octanol–water partition coefficient (Wildman–Crippen LogP) is 2.81. The molecule has 2 aliphatic rings. The monoisotopic (exact) mass is 434 g/mol. The van der Waals surface area contributed by atoms with Crippen molar-refractivity contribution in [2.45, 2.75) is 51.7 Å². The molecule has 1 atom stereocenters. The third kappa shape index (κ3) is 4.21. The Balaban J connectivity index is 1.44. The number of urea groups is 1. The van der Waals surface area contributed by atoms with Crippen molar-refractivity contribution in [3.05, 3.63) is 64.7 Å². The number of anilines is 1. The molecular formula is C24H26N4O4. The van der Waals surface area contributed by atoms with E-state index in [-0.39, 0.29) is 30.8 Å². The predicted molar refractivity (Wildman–Crippen MR) is 119 cm³/mol. The molecule has 3 N–H and O–H groups in total. The summed E-state index contributed by atoms with van der Waals surface area (Å²) in [5.74, 6) is -1.01. The smallest absolute Gasteiger partial charge is 0.319 e. The molecule has 32 heavy (non-hydrogen) atoms. The third-order valence-corrected chi connectivity index (χ3v) is 5.98. The van der Waals surface area contributed by atoms with Crippen LogP contribution in [0.4, 0.5) is 10.5 Å². The topological polar surface area (TPSA) is 108 Å². The lowest BCUT2D eigenvalue weighted by molar-refractivity contribution is -0.136. The summed E-state index contributed by atoms with van der Waals surface area (Å²) in [6, 6.07) is 12.0. The van der Waals surface area contributed by atoms with E-state index in [1.165, 1.54) is 4.90 Å². The van der Waals surface area contributed by atoms with Gasteiger partial charge in [0, 0.05) is 24.2 Å². The second-order valence-corrected chi connectivity index (χ2v) is 8.84. The Morgan fingerprint density at radius 2 is 1.81 bits per heavy atom. The van der Waals surface area contributed by atoms with E-state index in [1.54, 1.807) is 18.2 Å². The molecule has 0 saturated carbocycles. The van der Waals surface area contributed by atoms with Crippen molar-refractivity contribution in [3.8, 4) is 0 Å². The number of carbonyl (C=O) groups excluding carboxylic acids is 4. The summed E-state index contributed by atoms with van der Waals surface area (Å²) in [6.07, 6.45) is 0.520. The number of hydrogen-bond acceptors (Lipinski definition) is 4. The summed E-state index contributed by atoms with van der Waals surface area (Å²) < 4.78 is 0. The standard InChI is InChI=1S/C24H26N4O4/c1-14-4-6-16(7-5-14)24(2,3)27-23(32)25-17-8-9-18-15(12-17)13-28(22(18)31)19-10-11-20(29)26-21(19)30/h4-9,12,19H,10-11,13H2,1-3H3,(H2,25,27,32)(H,26,29,30). The first kappa shape index (κ1) is 21.5. The number of amides is 5. The van der Waals surface area contributed by atoms with Crippen LogP contribution in [0.5, 0.6) is 0 Å². The van der Waals surface area contributed by atoms with Crippen LogP contribution in [0.1, 0.15) is 53.7 Å². The number of aryl methyl sites for hydroxylation is 1. The van der Waals surface area contributed by atoms with Gasteiger partial charge in [0.05, 0.1) is 5.54 Å². The molecule has 0 aromatic heterocycles. The lowest BCUT2D eigenvalue weighted by Crippen LogP contribution is -2.52. The van der Waals surface area contributed by atoms with E-state index < -0.39 is 17.5 Å². The lowest BCUT2D eigenvalue weighted by atomic mass is 9.94. The molecule has 5 amide bonds. The number of rotatable bonds is 4. The van der Waals surface area contributed by atoms with Crippen LogP contribution in [0.25, 0.3) is 0 Å². The van der Waals surface area contributed by atoms with Crippen molar-refractivity contribution in [3.63, 3.8) is 0 Å². The Hall–Kier alpha value is -3.68. The number of nitrogens with one attached hydrogen (secondary N) is 3. The highest BCUT2D eigenvalue weighted by Gasteiger charge is 2.39.